The van der Waals surface area contributed by atoms with E-state index in [0.717, 1.165) is 16.7 Å². The van der Waals surface area contributed by atoms with Gasteiger partial charge in [0.25, 0.3) is 5.56 Å². The number of carboxylic acids is 1. The molecule has 0 unspecified atom stereocenters. The van der Waals surface area contributed by atoms with Gasteiger partial charge in [0.2, 0.25) is 0 Å². The van der Waals surface area contributed by atoms with Crippen molar-refractivity contribution in [3.05, 3.63) is 77.1 Å². The highest BCUT2D eigenvalue weighted by Crippen LogP contribution is 2.19. The average Bonchev–Trinajstić information content (AvgIpc) is 3.30. The van der Waals surface area contributed by atoms with E-state index in [1.807, 2.05) is 37.5 Å². The Morgan fingerprint density at radius 2 is 1.94 bits per heavy atom. The molecule has 0 aliphatic heterocycles. The van der Waals surface area contributed by atoms with Crippen LogP contribution in [-0.2, 0) is 18.4 Å². The van der Waals surface area contributed by atoms with Crippen LogP contribution in [0.15, 0.2) is 66.0 Å². The minimum Gasteiger partial charge on any atom is -0.490 e. The zero-order valence-electron chi connectivity index (χ0n) is 19.1. The second kappa shape index (κ2) is 10.7. The smallest absolute Gasteiger partial charge is 0.320 e. The zero-order chi connectivity index (χ0) is 24.8. The van der Waals surface area contributed by atoms with Crippen molar-refractivity contribution in [2.24, 2.45) is 12.8 Å². The molecule has 0 amide bonds. The van der Waals surface area contributed by atoms with Crippen LogP contribution in [0.5, 0.6) is 5.75 Å². The lowest BCUT2D eigenvalue weighted by Crippen LogP contribution is -2.30. The Kier molecular flexibility index (Phi) is 7.27. The van der Waals surface area contributed by atoms with Crippen LogP contribution in [0.4, 0.5) is 0 Å². The number of aliphatic carboxylic acids is 1. The van der Waals surface area contributed by atoms with Gasteiger partial charge in [0, 0.05) is 30.4 Å². The monoisotopic (exact) mass is 475 g/mol. The van der Waals surface area contributed by atoms with Crippen molar-refractivity contribution in [3.63, 3.8) is 0 Å². The van der Waals surface area contributed by atoms with Gasteiger partial charge in [0.1, 0.15) is 6.04 Å². The van der Waals surface area contributed by atoms with E-state index in [2.05, 4.69) is 20.2 Å². The molecule has 0 bridgehead atoms. The molecule has 35 heavy (non-hydrogen) atoms. The highest BCUT2D eigenvalue weighted by atomic mass is 16.5. The van der Waals surface area contributed by atoms with Gasteiger partial charge in [-0.25, -0.2) is 14.6 Å². The van der Waals surface area contributed by atoms with Gasteiger partial charge in [-0.3, -0.25) is 14.3 Å². The van der Waals surface area contributed by atoms with Crippen LogP contribution in [0.2, 0.25) is 0 Å². The van der Waals surface area contributed by atoms with E-state index in [4.69, 9.17) is 15.6 Å². The molecule has 1 aromatic carbocycles. The van der Waals surface area contributed by atoms with E-state index in [1.165, 1.54) is 10.7 Å². The lowest BCUT2D eigenvalue weighted by atomic mass is 10.1. The molecule has 3 heterocycles. The first kappa shape index (κ1) is 23.8. The average molecular weight is 476 g/mol. The second-order valence-electron chi connectivity index (χ2n) is 8.00. The predicted octanol–water partition coefficient (Wildman–Crippen LogP) is 1.72. The Balaban J connectivity index is 1.42. The third kappa shape index (κ3) is 6.15. The van der Waals surface area contributed by atoms with E-state index in [0.29, 0.717) is 43.3 Å². The number of nitrogens with zero attached hydrogens (tertiary/aromatic N) is 6. The molecule has 11 nitrogen and oxygen atoms in total. The molecule has 0 aliphatic rings. The normalized spacial score (nSPS) is 11.8. The standard InChI is InChI=1S/C24H25N7O4/c1-30-15-18(11-28-30)21-7-8-22(32)31(29-21)14-16-4-2-5-17(10-16)23-26-12-19(13-27-23)35-9-3-6-20(25)24(33)34/h2,4-5,7-8,10-13,15,20H,3,6,9,14,25H2,1H3,(H,33,34)/t20-/m0/s1. The molecule has 11 heteroatoms. The fourth-order valence-electron chi connectivity index (χ4n) is 3.41. The van der Waals surface area contributed by atoms with E-state index < -0.39 is 12.0 Å². The summed E-state index contributed by atoms with van der Waals surface area (Å²) in [7, 11) is 1.82. The summed E-state index contributed by atoms with van der Waals surface area (Å²) in [6.45, 7) is 0.611. The molecule has 0 fully saturated rings. The summed E-state index contributed by atoms with van der Waals surface area (Å²) in [4.78, 5) is 31.9. The molecule has 4 aromatic rings. The first-order valence-electron chi connectivity index (χ1n) is 11.0. The molecule has 0 saturated heterocycles. The van der Waals surface area contributed by atoms with Crippen LogP contribution in [0, 0.1) is 0 Å². The Morgan fingerprint density at radius 1 is 1.14 bits per heavy atom. The summed E-state index contributed by atoms with van der Waals surface area (Å²) in [5.41, 5.74) is 8.43. The topological polar surface area (TPSA) is 151 Å². The van der Waals surface area contributed by atoms with Crippen LogP contribution in [0.25, 0.3) is 22.6 Å². The van der Waals surface area contributed by atoms with Crippen LogP contribution < -0.4 is 16.0 Å². The highest BCUT2D eigenvalue weighted by Gasteiger charge is 2.11. The first-order chi connectivity index (χ1) is 16.9. The third-order valence-electron chi connectivity index (χ3n) is 5.26. The predicted molar refractivity (Wildman–Crippen MR) is 128 cm³/mol. The van der Waals surface area contributed by atoms with Crippen molar-refractivity contribution >= 4 is 5.97 Å². The highest BCUT2D eigenvalue weighted by molar-refractivity contribution is 5.72. The van der Waals surface area contributed by atoms with Crippen molar-refractivity contribution in [2.45, 2.75) is 25.4 Å². The number of ether oxygens (including phenoxy) is 1. The maximum absolute atomic E-state index is 12.4. The number of nitrogens with two attached hydrogens (primary N) is 1. The zero-order valence-corrected chi connectivity index (χ0v) is 19.1. The number of carbonyl (C=O) groups is 1. The number of carboxylic acid groups (broad SMARTS) is 1. The van der Waals surface area contributed by atoms with Crippen LogP contribution in [0.1, 0.15) is 18.4 Å². The van der Waals surface area contributed by atoms with Crippen molar-refractivity contribution < 1.29 is 14.6 Å². The van der Waals surface area contributed by atoms with E-state index >= 15 is 0 Å². The molecular formula is C24H25N7O4. The molecular weight excluding hydrogens is 450 g/mol. The van der Waals surface area contributed by atoms with Crippen molar-refractivity contribution in [1.29, 1.82) is 0 Å². The summed E-state index contributed by atoms with van der Waals surface area (Å²) in [5.74, 6) is -0.0324. The fourth-order valence-corrected chi connectivity index (χ4v) is 3.41. The number of benzene rings is 1. The Hall–Kier alpha value is -4.38. The molecule has 0 aliphatic carbocycles. The third-order valence-corrected chi connectivity index (χ3v) is 5.26. The summed E-state index contributed by atoms with van der Waals surface area (Å²) in [6.07, 6.45) is 7.50. The largest absolute Gasteiger partial charge is 0.490 e. The van der Waals surface area contributed by atoms with Crippen LogP contribution >= 0.6 is 0 Å². The number of rotatable bonds is 10. The van der Waals surface area contributed by atoms with Gasteiger partial charge in [-0.15, -0.1) is 0 Å². The summed E-state index contributed by atoms with van der Waals surface area (Å²) in [5, 5.41) is 17.4. The molecule has 1 atom stereocenters. The summed E-state index contributed by atoms with van der Waals surface area (Å²) in [6, 6.07) is 9.87. The molecule has 3 N–H and O–H groups in total. The van der Waals surface area contributed by atoms with Gasteiger partial charge < -0.3 is 15.6 Å². The molecule has 0 radical (unpaired) electrons. The molecule has 180 valence electrons. The van der Waals surface area contributed by atoms with Gasteiger partial charge in [-0.1, -0.05) is 18.2 Å². The Morgan fingerprint density at radius 3 is 2.66 bits per heavy atom. The quantitative estimate of drug-likeness (QED) is 0.327. The van der Waals surface area contributed by atoms with E-state index in [1.54, 1.807) is 29.3 Å². The maximum Gasteiger partial charge on any atom is 0.320 e. The van der Waals surface area contributed by atoms with Gasteiger partial charge in [0.05, 0.1) is 37.4 Å². The molecule has 0 saturated carbocycles. The molecule has 3 aromatic heterocycles. The molecule has 0 spiro atoms. The van der Waals surface area contributed by atoms with Crippen molar-refractivity contribution in [1.82, 2.24) is 29.5 Å². The maximum atomic E-state index is 12.4. The van der Waals surface area contributed by atoms with Crippen LogP contribution in [-0.4, -0.2) is 53.3 Å². The lowest BCUT2D eigenvalue weighted by molar-refractivity contribution is -0.138. The van der Waals surface area contributed by atoms with E-state index in [-0.39, 0.29) is 5.56 Å². The fraction of sp³-hybridized carbons (Fsp3) is 0.250. The van der Waals surface area contributed by atoms with E-state index in [9.17, 15) is 9.59 Å². The van der Waals surface area contributed by atoms with Gasteiger partial charge >= 0.3 is 5.97 Å². The summed E-state index contributed by atoms with van der Waals surface area (Å²) >= 11 is 0. The Bertz CT molecular complexity index is 1360. The number of aromatic nitrogens is 6. The lowest BCUT2D eigenvalue weighted by Gasteiger charge is -2.09. The second-order valence-corrected chi connectivity index (χ2v) is 8.00. The minimum atomic E-state index is -1.03. The number of aryl methyl sites for hydroxylation is 1. The van der Waals surface area contributed by atoms with Crippen LogP contribution in [0.3, 0.4) is 0 Å². The SMILES string of the molecule is Cn1cc(-c2ccc(=O)n(Cc3cccc(-c4ncc(OCCC[C@H](N)C(=O)O)cn4)c3)n2)cn1. The summed E-state index contributed by atoms with van der Waals surface area (Å²) < 4.78 is 8.66. The number of hydrogen-bond donors (Lipinski definition) is 2. The van der Waals surface area contributed by atoms with Gasteiger partial charge in [0.15, 0.2) is 11.6 Å². The number of hydrogen-bond acceptors (Lipinski definition) is 8. The minimum absolute atomic E-state index is 0.204. The Labute approximate surface area is 200 Å². The van der Waals surface area contributed by atoms with Crippen molar-refractivity contribution in [3.8, 4) is 28.4 Å². The van der Waals surface area contributed by atoms with Gasteiger partial charge in [-0.2, -0.15) is 10.2 Å². The van der Waals surface area contributed by atoms with Crippen molar-refractivity contribution in [2.75, 3.05) is 6.61 Å². The first-order valence-corrected chi connectivity index (χ1v) is 11.0. The molecule has 4 rings (SSSR count). The van der Waals surface area contributed by atoms with Gasteiger partial charge in [-0.05, 0) is 30.5 Å².